The lowest BCUT2D eigenvalue weighted by Crippen LogP contribution is -2.46. The van der Waals surface area contributed by atoms with Crippen LogP contribution >= 0.6 is 11.3 Å². The number of nitrogens with zero attached hydrogens (tertiary/aromatic N) is 2. The minimum Gasteiger partial charge on any atom is -0.355 e. The Morgan fingerprint density at radius 1 is 1.28 bits per heavy atom. The van der Waals surface area contributed by atoms with Gasteiger partial charge in [-0.3, -0.25) is 9.89 Å². The third-order valence-electron chi connectivity index (χ3n) is 5.16. The summed E-state index contributed by atoms with van der Waals surface area (Å²) in [6.07, 6.45) is 9.19. The average Bonchev–Trinajstić information content (AvgIpc) is 3.35. The zero-order valence-corrected chi connectivity index (χ0v) is 15.1. The molecule has 0 saturated carbocycles. The van der Waals surface area contributed by atoms with E-state index >= 15 is 0 Å². The molecule has 1 saturated heterocycles. The number of hydrogen-bond donors (Lipinski definition) is 2. The van der Waals surface area contributed by atoms with E-state index in [1.165, 1.54) is 4.88 Å². The molecule has 3 heterocycles. The van der Waals surface area contributed by atoms with Gasteiger partial charge in [-0.2, -0.15) is 5.10 Å². The maximum absolute atomic E-state index is 12.4. The summed E-state index contributed by atoms with van der Waals surface area (Å²) in [5.74, 6) is 1.41. The van der Waals surface area contributed by atoms with Crippen molar-refractivity contribution in [1.29, 1.82) is 0 Å². The van der Waals surface area contributed by atoms with E-state index in [-0.39, 0.29) is 11.8 Å². The van der Waals surface area contributed by atoms with Crippen LogP contribution in [0.1, 0.15) is 32.1 Å². The number of anilines is 1. The predicted octanol–water partition coefficient (Wildman–Crippen LogP) is 3.58. The van der Waals surface area contributed by atoms with Crippen molar-refractivity contribution in [3.63, 3.8) is 0 Å². The third-order valence-corrected chi connectivity index (χ3v) is 6.06. The van der Waals surface area contributed by atoms with Crippen LogP contribution in [0.3, 0.4) is 0 Å². The number of amides is 1. The van der Waals surface area contributed by atoms with Gasteiger partial charge in [0.15, 0.2) is 5.82 Å². The van der Waals surface area contributed by atoms with Gasteiger partial charge in [0.25, 0.3) is 0 Å². The highest BCUT2D eigenvalue weighted by molar-refractivity contribution is 7.13. The lowest BCUT2D eigenvalue weighted by molar-refractivity contribution is -0.126. The SMILES string of the molecule is O=C(NC1CCN(c2cc(-c3cccs3)[nH]n2)CC1)[C@@H]1CC=CCC1. The van der Waals surface area contributed by atoms with Gasteiger partial charge in [-0.15, -0.1) is 11.3 Å². The molecule has 5 nitrogen and oxygen atoms in total. The first-order valence-electron chi connectivity index (χ1n) is 9.09. The zero-order valence-electron chi connectivity index (χ0n) is 14.3. The Morgan fingerprint density at radius 3 is 2.88 bits per heavy atom. The minimum atomic E-state index is 0.169. The second-order valence-corrected chi connectivity index (χ2v) is 7.82. The first-order chi connectivity index (χ1) is 12.3. The van der Waals surface area contributed by atoms with E-state index in [9.17, 15) is 4.79 Å². The van der Waals surface area contributed by atoms with Crippen LogP contribution in [0.4, 0.5) is 5.82 Å². The van der Waals surface area contributed by atoms with E-state index in [4.69, 9.17) is 0 Å². The molecule has 25 heavy (non-hydrogen) atoms. The molecule has 0 radical (unpaired) electrons. The van der Waals surface area contributed by atoms with E-state index in [0.29, 0.717) is 6.04 Å². The number of hydrogen-bond acceptors (Lipinski definition) is 4. The molecule has 0 spiro atoms. The molecule has 0 aromatic carbocycles. The largest absolute Gasteiger partial charge is 0.355 e. The third kappa shape index (κ3) is 3.79. The Kier molecular flexibility index (Phi) is 4.88. The molecule has 132 valence electrons. The quantitative estimate of drug-likeness (QED) is 0.823. The molecule has 4 rings (SSSR count). The highest BCUT2D eigenvalue weighted by atomic mass is 32.1. The first-order valence-corrected chi connectivity index (χ1v) is 9.97. The summed E-state index contributed by atoms with van der Waals surface area (Å²) in [6.45, 7) is 1.87. The standard InChI is InChI=1S/C19H24N4OS/c24-19(14-5-2-1-3-6-14)20-15-8-10-23(11-9-15)18-13-16(21-22-18)17-7-4-12-25-17/h1-2,4,7,12-15H,3,5-6,8-11H2,(H,20,24)(H,21,22)/t14-/m1/s1. The van der Waals surface area contributed by atoms with Crippen molar-refractivity contribution in [3.05, 3.63) is 35.7 Å². The van der Waals surface area contributed by atoms with Crippen molar-refractivity contribution >= 4 is 23.1 Å². The van der Waals surface area contributed by atoms with Crippen molar-refractivity contribution in [2.24, 2.45) is 5.92 Å². The Bertz CT molecular complexity index is 728. The van der Waals surface area contributed by atoms with Gasteiger partial charge in [-0.25, -0.2) is 0 Å². The molecule has 2 aromatic rings. The van der Waals surface area contributed by atoms with E-state index in [1.807, 2.05) is 0 Å². The summed E-state index contributed by atoms with van der Waals surface area (Å²) < 4.78 is 0. The summed E-state index contributed by atoms with van der Waals surface area (Å²) >= 11 is 1.71. The lowest BCUT2D eigenvalue weighted by Gasteiger charge is -2.33. The van der Waals surface area contributed by atoms with E-state index in [1.54, 1.807) is 11.3 Å². The fraction of sp³-hybridized carbons (Fsp3) is 0.474. The number of carbonyl (C=O) groups is 1. The summed E-state index contributed by atoms with van der Waals surface area (Å²) in [4.78, 5) is 15.9. The fourth-order valence-electron chi connectivity index (χ4n) is 3.63. The van der Waals surface area contributed by atoms with Crippen LogP contribution in [0.5, 0.6) is 0 Å². The number of allylic oxidation sites excluding steroid dienone is 2. The Labute approximate surface area is 152 Å². The number of thiophene rings is 1. The van der Waals surface area contributed by atoms with E-state index < -0.39 is 0 Å². The highest BCUT2D eigenvalue weighted by Gasteiger charge is 2.25. The van der Waals surface area contributed by atoms with Gasteiger partial charge in [0.05, 0.1) is 10.6 Å². The van der Waals surface area contributed by atoms with Crippen molar-refractivity contribution in [2.75, 3.05) is 18.0 Å². The monoisotopic (exact) mass is 356 g/mol. The molecule has 2 aliphatic rings. The van der Waals surface area contributed by atoms with Crippen LogP contribution in [0.15, 0.2) is 35.7 Å². The second kappa shape index (κ2) is 7.44. The molecule has 1 amide bonds. The number of H-pyrrole nitrogens is 1. The smallest absolute Gasteiger partial charge is 0.223 e. The Hall–Kier alpha value is -2.08. The van der Waals surface area contributed by atoms with Crippen LogP contribution in [0.2, 0.25) is 0 Å². The summed E-state index contributed by atoms with van der Waals surface area (Å²) in [7, 11) is 0. The summed E-state index contributed by atoms with van der Waals surface area (Å²) in [5, 5.41) is 12.9. The summed E-state index contributed by atoms with van der Waals surface area (Å²) in [6, 6.07) is 6.57. The van der Waals surface area contributed by atoms with Gasteiger partial charge < -0.3 is 10.2 Å². The van der Waals surface area contributed by atoms with Gasteiger partial charge in [0.2, 0.25) is 5.91 Å². The number of rotatable bonds is 4. The van der Waals surface area contributed by atoms with E-state index in [0.717, 1.165) is 56.7 Å². The number of piperidine rings is 1. The van der Waals surface area contributed by atoms with Gasteiger partial charge in [0, 0.05) is 31.1 Å². The molecule has 1 aliphatic carbocycles. The molecule has 1 atom stereocenters. The fourth-order valence-corrected chi connectivity index (χ4v) is 4.33. The van der Waals surface area contributed by atoms with Gasteiger partial charge in [-0.05, 0) is 43.6 Å². The average molecular weight is 356 g/mol. The summed E-state index contributed by atoms with van der Waals surface area (Å²) in [5.41, 5.74) is 1.07. The van der Waals surface area contributed by atoms with Crippen LogP contribution in [-0.4, -0.2) is 35.2 Å². The van der Waals surface area contributed by atoms with Crippen molar-refractivity contribution in [1.82, 2.24) is 15.5 Å². The maximum Gasteiger partial charge on any atom is 0.223 e. The molecule has 2 aromatic heterocycles. The molecule has 1 aliphatic heterocycles. The highest BCUT2D eigenvalue weighted by Crippen LogP contribution is 2.27. The molecule has 0 unspecified atom stereocenters. The van der Waals surface area contributed by atoms with E-state index in [2.05, 4.69) is 56.1 Å². The van der Waals surface area contributed by atoms with Crippen LogP contribution in [0.25, 0.3) is 10.6 Å². The normalized spacial score (nSPS) is 21.4. The zero-order chi connectivity index (χ0) is 17.1. The predicted molar refractivity (Wildman–Crippen MR) is 102 cm³/mol. The Morgan fingerprint density at radius 2 is 2.16 bits per heavy atom. The van der Waals surface area contributed by atoms with Crippen molar-refractivity contribution < 1.29 is 4.79 Å². The van der Waals surface area contributed by atoms with Crippen LogP contribution in [0, 0.1) is 5.92 Å². The minimum absolute atomic E-state index is 0.169. The molecular weight excluding hydrogens is 332 g/mol. The van der Waals surface area contributed by atoms with Gasteiger partial charge in [0.1, 0.15) is 0 Å². The number of nitrogens with one attached hydrogen (secondary N) is 2. The first kappa shape index (κ1) is 16.4. The molecular formula is C19H24N4OS. The van der Waals surface area contributed by atoms with Gasteiger partial charge in [-0.1, -0.05) is 18.2 Å². The van der Waals surface area contributed by atoms with Crippen LogP contribution in [-0.2, 0) is 4.79 Å². The molecule has 6 heteroatoms. The number of aromatic amines is 1. The molecule has 0 bridgehead atoms. The van der Waals surface area contributed by atoms with Gasteiger partial charge >= 0.3 is 0 Å². The van der Waals surface area contributed by atoms with Crippen LogP contribution < -0.4 is 10.2 Å². The molecule has 1 fully saturated rings. The van der Waals surface area contributed by atoms with Crippen molar-refractivity contribution in [2.45, 2.75) is 38.1 Å². The second-order valence-electron chi connectivity index (χ2n) is 6.87. The molecule has 2 N–H and O–H groups in total. The maximum atomic E-state index is 12.4. The Balaban J connectivity index is 1.29. The number of carbonyl (C=O) groups excluding carboxylic acids is 1. The van der Waals surface area contributed by atoms with Crippen molar-refractivity contribution in [3.8, 4) is 10.6 Å². The topological polar surface area (TPSA) is 61.0 Å². The lowest BCUT2D eigenvalue weighted by atomic mass is 9.93. The number of aromatic nitrogens is 2.